The number of benzene rings is 1. The summed E-state index contributed by atoms with van der Waals surface area (Å²) in [5, 5.41) is 5.19. The van der Waals surface area contributed by atoms with Crippen LogP contribution in [0, 0.1) is 18.3 Å². The molecular weight excluding hydrogens is 280 g/mol. The summed E-state index contributed by atoms with van der Waals surface area (Å²) in [5.74, 6) is 2.01. The van der Waals surface area contributed by atoms with Crippen LogP contribution in [0.4, 0.5) is 4.79 Å². The van der Waals surface area contributed by atoms with Crippen LogP contribution < -0.4 is 10.6 Å². The lowest BCUT2D eigenvalue weighted by molar-refractivity contribution is -0.124. The summed E-state index contributed by atoms with van der Waals surface area (Å²) < 4.78 is 5.14. The highest BCUT2D eigenvalue weighted by Gasteiger charge is 2.26. The molecule has 0 fully saturated rings. The molecule has 0 aliphatic rings. The van der Waals surface area contributed by atoms with Gasteiger partial charge >= 0.3 is 6.09 Å². The fourth-order valence-electron chi connectivity index (χ4n) is 1.84. The van der Waals surface area contributed by atoms with Gasteiger partial charge in [0.25, 0.3) is 0 Å². The number of hydrogen-bond acceptors (Lipinski definition) is 3. The average Bonchev–Trinajstić information content (AvgIpc) is 2.55. The van der Waals surface area contributed by atoms with Gasteiger partial charge < -0.3 is 15.4 Å². The number of rotatable bonds is 7. The molecule has 5 nitrogen and oxygen atoms in total. The number of carbonyl (C=O) groups is 2. The van der Waals surface area contributed by atoms with Crippen molar-refractivity contribution >= 4 is 12.0 Å². The third-order valence-corrected chi connectivity index (χ3v) is 3.35. The highest BCUT2D eigenvalue weighted by molar-refractivity contribution is 5.86. The van der Waals surface area contributed by atoms with E-state index in [2.05, 4.69) is 16.6 Å². The molecule has 0 radical (unpaired) electrons. The van der Waals surface area contributed by atoms with E-state index in [1.165, 1.54) is 0 Å². The maximum Gasteiger partial charge on any atom is 0.408 e. The third kappa shape index (κ3) is 5.88. The summed E-state index contributed by atoms with van der Waals surface area (Å²) in [6.45, 7) is 4.12. The van der Waals surface area contributed by atoms with Crippen molar-refractivity contribution in [2.45, 2.75) is 32.9 Å². The molecule has 118 valence electrons. The molecule has 0 aliphatic heterocycles. The number of ether oxygens (including phenoxy) is 1. The molecule has 0 bridgehead atoms. The van der Waals surface area contributed by atoms with Gasteiger partial charge in [-0.3, -0.25) is 4.79 Å². The summed E-state index contributed by atoms with van der Waals surface area (Å²) >= 11 is 0. The van der Waals surface area contributed by atoms with Gasteiger partial charge in [0.2, 0.25) is 5.91 Å². The van der Waals surface area contributed by atoms with Crippen molar-refractivity contribution < 1.29 is 14.3 Å². The van der Waals surface area contributed by atoms with Crippen molar-refractivity contribution in [3.05, 3.63) is 35.9 Å². The molecular formula is C17H22N2O3. The maximum atomic E-state index is 12.0. The van der Waals surface area contributed by atoms with Crippen molar-refractivity contribution in [3.63, 3.8) is 0 Å². The van der Waals surface area contributed by atoms with Gasteiger partial charge in [-0.2, -0.15) is 0 Å². The van der Waals surface area contributed by atoms with E-state index >= 15 is 0 Å². The zero-order valence-electron chi connectivity index (χ0n) is 13.0. The molecule has 5 heteroatoms. The molecule has 1 aromatic rings. The summed E-state index contributed by atoms with van der Waals surface area (Å²) in [5.41, 5.74) is 0.884. The number of carbonyl (C=O) groups excluding carboxylic acids is 2. The molecule has 0 unspecified atom stereocenters. The Bertz CT molecular complexity index is 522. The number of hydrogen-bond donors (Lipinski definition) is 2. The SMILES string of the molecule is C#CCNC(=O)[C@@H](NC(=O)OCc1ccccc1)[C@@H](C)CC. The fourth-order valence-corrected chi connectivity index (χ4v) is 1.84. The average molecular weight is 302 g/mol. The smallest absolute Gasteiger partial charge is 0.408 e. The standard InChI is InChI=1S/C17H22N2O3/c1-4-11-18-16(20)15(13(3)5-2)19-17(21)22-12-14-9-7-6-8-10-14/h1,6-10,13,15H,5,11-12H2,2-3H3,(H,18,20)(H,19,21)/t13-,15-/m0/s1. The first kappa shape index (κ1) is 17.6. The van der Waals surface area contributed by atoms with Crippen LogP contribution in [0.25, 0.3) is 0 Å². The zero-order chi connectivity index (χ0) is 16.4. The van der Waals surface area contributed by atoms with E-state index in [9.17, 15) is 9.59 Å². The molecule has 2 atom stereocenters. The Morgan fingerprint density at radius 1 is 1.32 bits per heavy atom. The van der Waals surface area contributed by atoms with E-state index in [1.807, 2.05) is 44.2 Å². The minimum absolute atomic E-state index is 0.0259. The zero-order valence-corrected chi connectivity index (χ0v) is 13.0. The van der Waals surface area contributed by atoms with Gasteiger partial charge in [0.05, 0.1) is 6.54 Å². The highest BCUT2D eigenvalue weighted by Crippen LogP contribution is 2.09. The second-order valence-electron chi connectivity index (χ2n) is 4.99. The Morgan fingerprint density at radius 2 is 2.00 bits per heavy atom. The van der Waals surface area contributed by atoms with Gasteiger partial charge in [-0.15, -0.1) is 6.42 Å². The van der Waals surface area contributed by atoms with E-state index in [1.54, 1.807) is 0 Å². The second-order valence-corrected chi connectivity index (χ2v) is 4.99. The Labute approximate surface area is 131 Å². The van der Waals surface area contributed by atoms with E-state index in [0.29, 0.717) is 0 Å². The van der Waals surface area contributed by atoms with Crippen molar-refractivity contribution in [1.82, 2.24) is 10.6 Å². The first-order valence-corrected chi connectivity index (χ1v) is 7.26. The van der Waals surface area contributed by atoms with Crippen LogP contribution in [0.15, 0.2) is 30.3 Å². The molecule has 2 N–H and O–H groups in total. The second kappa shape index (κ2) is 9.46. The number of amides is 2. The van der Waals surface area contributed by atoms with Crippen LogP contribution in [0.5, 0.6) is 0 Å². The Kier molecular flexibility index (Phi) is 7.55. The number of terminal acetylenes is 1. The third-order valence-electron chi connectivity index (χ3n) is 3.35. The monoisotopic (exact) mass is 302 g/mol. The first-order valence-electron chi connectivity index (χ1n) is 7.26. The van der Waals surface area contributed by atoms with Gasteiger partial charge in [-0.25, -0.2) is 4.79 Å². The van der Waals surface area contributed by atoms with E-state index in [4.69, 9.17) is 11.2 Å². The lowest BCUT2D eigenvalue weighted by Gasteiger charge is -2.22. The summed E-state index contributed by atoms with van der Waals surface area (Å²) in [4.78, 5) is 23.9. The Morgan fingerprint density at radius 3 is 2.59 bits per heavy atom. The number of alkyl carbamates (subject to hydrolysis) is 1. The van der Waals surface area contributed by atoms with Crippen LogP contribution in [0.1, 0.15) is 25.8 Å². The van der Waals surface area contributed by atoms with Gasteiger partial charge in [0.1, 0.15) is 12.6 Å². The predicted octanol–water partition coefficient (Wildman–Crippen LogP) is 2.08. The predicted molar refractivity (Wildman–Crippen MR) is 84.8 cm³/mol. The maximum absolute atomic E-state index is 12.0. The summed E-state index contributed by atoms with van der Waals surface area (Å²) in [7, 11) is 0. The van der Waals surface area contributed by atoms with Gasteiger partial charge in [-0.05, 0) is 11.5 Å². The van der Waals surface area contributed by atoms with E-state index in [-0.39, 0.29) is 25.0 Å². The van der Waals surface area contributed by atoms with Gasteiger partial charge in [0, 0.05) is 0 Å². The normalized spacial score (nSPS) is 12.6. The molecule has 0 saturated carbocycles. The highest BCUT2D eigenvalue weighted by atomic mass is 16.5. The van der Waals surface area contributed by atoms with Crippen LogP contribution in [-0.4, -0.2) is 24.6 Å². The van der Waals surface area contributed by atoms with Gasteiger partial charge in [-0.1, -0.05) is 56.5 Å². The minimum atomic E-state index is -0.665. The minimum Gasteiger partial charge on any atom is -0.445 e. The van der Waals surface area contributed by atoms with Crippen LogP contribution >= 0.6 is 0 Å². The van der Waals surface area contributed by atoms with Crippen molar-refractivity contribution in [2.24, 2.45) is 5.92 Å². The lowest BCUT2D eigenvalue weighted by Crippen LogP contribution is -2.50. The van der Waals surface area contributed by atoms with Crippen LogP contribution in [0.3, 0.4) is 0 Å². The van der Waals surface area contributed by atoms with Crippen molar-refractivity contribution in [1.29, 1.82) is 0 Å². The molecule has 1 rings (SSSR count). The molecule has 1 aromatic carbocycles. The molecule has 22 heavy (non-hydrogen) atoms. The molecule has 2 amide bonds. The lowest BCUT2D eigenvalue weighted by atomic mass is 9.98. The van der Waals surface area contributed by atoms with Gasteiger partial charge in [0.15, 0.2) is 0 Å². The number of nitrogens with one attached hydrogen (secondary N) is 2. The van der Waals surface area contributed by atoms with Crippen molar-refractivity contribution in [3.8, 4) is 12.3 Å². The van der Waals surface area contributed by atoms with Crippen LogP contribution in [-0.2, 0) is 16.1 Å². The van der Waals surface area contributed by atoms with E-state index < -0.39 is 12.1 Å². The fraction of sp³-hybridized carbons (Fsp3) is 0.412. The summed E-state index contributed by atoms with van der Waals surface area (Å²) in [6, 6.07) is 8.68. The molecule has 0 saturated heterocycles. The Hall–Kier alpha value is -2.48. The molecule has 0 spiro atoms. The topological polar surface area (TPSA) is 67.4 Å². The van der Waals surface area contributed by atoms with Crippen molar-refractivity contribution in [2.75, 3.05) is 6.54 Å². The van der Waals surface area contributed by atoms with Crippen LogP contribution in [0.2, 0.25) is 0 Å². The molecule has 0 aliphatic carbocycles. The quantitative estimate of drug-likeness (QED) is 0.758. The summed E-state index contributed by atoms with van der Waals surface area (Å²) in [6.07, 6.45) is 5.24. The van der Waals surface area contributed by atoms with E-state index in [0.717, 1.165) is 12.0 Å². The first-order chi connectivity index (χ1) is 10.6. The molecule has 0 heterocycles. The Balaban J connectivity index is 2.55. The largest absolute Gasteiger partial charge is 0.445 e. The molecule has 0 aromatic heterocycles.